The lowest BCUT2D eigenvalue weighted by atomic mass is 10.0. The molecule has 11 heteroatoms. The molecule has 2 aromatic carbocycles. The number of aromatic hydroxyl groups is 2. The second kappa shape index (κ2) is 10.5. The Morgan fingerprint density at radius 3 is 2.46 bits per heavy atom. The summed E-state index contributed by atoms with van der Waals surface area (Å²) < 4.78 is 11.1. The molecule has 3 aromatic rings. The number of rotatable bonds is 7. The number of hydrogen-bond donors (Lipinski definition) is 3. The first kappa shape index (κ1) is 24.6. The molecule has 11 nitrogen and oxygen atoms in total. The zero-order chi connectivity index (χ0) is 25.9. The maximum atomic E-state index is 12.9. The number of non-ortho nitro benzene ring substituents is 1. The third kappa shape index (κ3) is 5.51. The van der Waals surface area contributed by atoms with Gasteiger partial charge in [0.1, 0.15) is 28.6 Å². The molecule has 37 heavy (non-hydrogen) atoms. The Morgan fingerprint density at radius 2 is 1.78 bits per heavy atom. The quantitative estimate of drug-likeness (QED) is 0.307. The average Bonchev–Trinajstić information content (AvgIpc) is 3.58. The van der Waals surface area contributed by atoms with Gasteiger partial charge in [0.2, 0.25) is 0 Å². The minimum atomic E-state index is -0.532. The van der Waals surface area contributed by atoms with Gasteiger partial charge < -0.3 is 29.7 Å². The molecule has 3 N–H and O–H groups in total. The second-order valence-electron chi connectivity index (χ2n) is 9.49. The number of nitro groups is 1. The summed E-state index contributed by atoms with van der Waals surface area (Å²) in [5.41, 5.74) is 0.0241. The molecule has 0 radical (unpaired) electrons. The fourth-order valence-corrected chi connectivity index (χ4v) is 5.12. The maximum Gasteiger partial charge on any atom is 0.273 e. The number of carbonyl (C=O) groups is 1. The number of ether oxygens (including phenoxy) is 1. The first-order chi connectivity index (χ1) is 17.9. The summed E-state index contributed by atoms with van der Waals surface area (Å²) in [4.78, 5) is 25.8. The molecule has 0 bridgehead atoms. The van der Waals surface area contributed by atoms with Gasteiger partial charge in [-0.2, -0.15) is 0 Å². The summed E-state index contributed by atoms with van der Waals surface area (Å²) in [6.45, 7) is 1.93. The number of amides is 1. The summed E-state index contributed by atoms with van der Waals surface area (Å²) in [5.74, 6) is -0.660. The monoisotopic (exact) mass is 508 g/mol. The summed E-state index contributed by atoms with van der Waals surface area (Å²) in [6, 6.07) is 9.82. The van der Waals surface area contributed by atoms with E-state index < -0.39 is 4.92 Å². The predicted molar refractivity (Wildman–Crippen MR) is 133 cm³/mol. The molecule has 1 aromatic heterocycles. The Hall–Kier alpha value is -4.12. The fourth-order valence-electron chi connectivity index (χ4n) is 5.12. The van der Waals surface area contributed by atoms with Gasteiger partial charge in [0.05, 0.1) is 4.92 Å². The Balaban J connectivity index is 1.28. The normalized spacial score (nSPS) is 17.1. The Labute approximate surface area is 212 Å². The molecule has 194 valence electrons. The number of carbonyl (C=O) groups excluding carboxylic acids is 1. The number of likely N-dealkylation sites (tertiary alicyclic amines) is 1. The van der Waals surface area contributed by atoms with Crippen molar-refractivity contribution >= 4 is 11.6 Å². The van der Waals surface area contributed by atoms with E-state index in [2.05, 4.69) is 15.4 Å². The van der Waals surface area contributed by atoms with Crippen LogP contribution in [0.1, 0.15) is 49.0 Å². The van der Waals surface area contributed by atoms with Crippen molar-refractivity contribution in [3.05, 3.63) is 58.3 Å². The molecule has 1 saturated carbocycles. The number of nitro benzene ring substituents is 1. The first-order valence-corrected chi connectivity index (χ1v) is 12.4. The molecule has 0 spiro atoms. The van der Waals surface area contributed by atoms with Crippen LogP contribution in [0, 0.1) is 10.1 Å². The Bertz CT molecular complexity index is 1280. The van der Waals surface area contributed by atoms with E-state index in [1.54, 1.807) is 0 Å². The average molecular weight is 509 g/mol. The van der Waals surface area contributed by atoms with E-state index in [9.17, 15) is 25.1 Å². The van der Waals surface area contributed by atoms with Gasteiger partial charge in [0.25, 0.3) is 11.6 Å². The fraction of sp³-hybridized carbons (Fsp3) is 0.385. The van der Waals surface area contributed by atoms with E-state index in [-0.39, 0.29) is 57.7 Å². The third-order valence-electron chi connectivity index (χ3n) is 7.04. The maximum absolute atomic E-state index is 12.9. The molecular weight excluding hydrogens is 480 g/mol. The lowest BCUT2D eigenvalue weighted by Crippen LogP contribution is -2.47. The number of nitrogens with zero attached hydrogens (tertiary/aromatic N) is 3. The van der Waals surface area contributed by atoms with E-state index >= 15 is 0 Å². The molecule has 2 fully saturated rings. The van der Waals surface area contributed by atoms with Crippen molar-refractivity contribution in [2.45, 2.75) is 50.6 Å². The molecule has 5 rings (SSSR count). The molecule has 2 aliphatic rings. The summed E-state index contributed by atoms with van der Waals surface area (Å²) in [5, 5.41) is 38.3. The lowest BCUT2D eigenvalue weighted by molar-refractivity contribution is -0.384. The number of phenols is 2. The van der Waals surface area contributed by atoms with Crippen molar-refractivity contribution < 1.29 is 29.2 Å². The van der Waals surface area contributed by atoms with Gasteiger partial charge in [-0.25, -0.2) is 0 Å². The summed E-state index contributed by atoms with van der Waals surface area (Å²) >= 11 is 0. The largest absolute Gasteiger partial charge is 0.508 e. The highest BCUT2D eigenvalue weighted by Crippen LogP contribution is 2.43. The van der Waals surface area contributed by atoms with Gasteiger partial charge in [-0.15, -0.1) is 0 Å². The molecule has 1 aliphatic carbocycles. The molecule has 0 unspecified atom stereocenters. The zero-order valence-electron chi connectivity index (χ0n) is 20.1. The van der Waals surface area contributed by atoms with Crippen molar-refractivity contribution in [3.63, 3.8) is 0 Å². The van der Waals surface area contributed by atoms with Crippen LogP contribution in [0.2, 0.25) is 0 Å². The van der Waals surface area contributed by atoms with Crippen LogP contribution in [-0.4, -0.2) is 56.3 Å². The van der Waals surface area contributed by atoms with Crippen LogP contribution < -0.4 is 10.1 Å². The first-order valence-electron chi connectivity index (χ1n) is 12.4. The van der Waals surface area contributed by atoms with Crippen LogP contribution in [0.15, 0.2) is 47.0 Å². The smallest absolute Gasteiger partial charge is 0.273 e. The SMILES string of the molecule is O=C(NC1CCN(C2CCCC2)CC1)c1cc(-c2c(O)cc(O)cc2Oc2ccc([N+](=O)[O-])cc2)on1. The van der Waals surface area contributed by atoms with Gasteiger partial charge >= 0.3 is 0 Å². The third-order valence-corrected chi connectivity index (χ3v) is 7.04. The molecular formula is C26H28N4O7. The van der Waals surface area contributed by atoms with E-state index in [0.29, 0.717) is 6.04 Å². The van der Waals surface area contributed by atoms with Gasteiger partial charge in [-0.3, -0.25) is 14.9 Å². The van der Waals surface area contributed by atoms with Gasteiger partial charge in [-0.1, -0.05) is 18.0 Å². The molecule has 0 atom stereocenters. The highest BCUT2D eigenvalue weighted by molar-refractivity contribution is 5.93. The van der Waals surface area contributed by atoms with Crippen molar-refractivity contribution in [1.82, 2.24) is 15.4 Å². The highest BCUT2D eigenvalue weighted by atomic mass is 16.6. The van der Waals surface area contributed by atoms with Gasteiger partial charge in [-0.05, 0) is 37.8 Å². The molecule has 2 heterocycles. The number of nitrogens with one attached hydrogen (secondary N) is 1. The molecule has 1 saturated heterocycles. The van der Waals surface area contributed by atoms with E-state index in [1.165, 1.54) is 62.1 Å². The minimum Gasteiger partial charge on any atom is -0.508 e. The standard InChI is InChI=1S/C26H28N4O7/c31-19-13-22(32)25(23(14-19)36-20-7-5-18(6-8-20)30(34)35)24-15-21(28-37-24)26(33)27-16-9-11-29(12-10-16)17-3-1-2-4-17/h5-8,13-17,31-32H,1-4,9-12H2,(H,27,33). The van der Waals surface area contributed by atoms with E-state index in [0.717, 1.165) is 32.0 Å². The number of benzene rings is 2. The number of hydrogen-bond acceptors (Lipinski definition) is 9. The number of phenolic OH excluding ortho intramolecular Hbond substituents is 2. The van der Waals surface area contributed by atoms with Crippen molar-refractivity contribution in [2.75, 3.05) is 13.1 Å². The van der Waals surface area contributed by atoms with Crippen LogP contribution in [-0.2, 0) is 0 Å². The van der Waals surface area contributed by atoms with Crippen LogP contribution in [0.5, 0.6) is 23.0 Å². The zero-order valence-corrected chi connectivity index (χ0v) is 20.1. The van der Waals surface area contributed by atoms with Crippen LogP contribution >= 0.6 is 0 Å². The highest BCUT2D eigenvalue weighted by Gasteiger charge is 2.29. The number of aromatic nitrogens is 1. The van der Waals surface area contributed by atoms with E-state index in [4.69, 9.17) is 9.26 Å². The number of piperidine rings is 1. The van der Waals surface area contributed by atoms with Crippen LogP contribution in [0.3, 0.4) is 0 Å². The Kier molecular flexibility index (Phi) is 6.95. The Morgan fingerprint density at radius 1 is 1.08 bits per heavy atom. The van der Waals surface area contributed by atoms with Crippen molar-refractivity contribution in [1.29, 1.82) is 0 Å². The predicted octanol–water partition coefficient (Wildman–Crippen LogP) is 4.59. The molecule has 1 amide bonds. The van der Waals surface area contributed by atoms with Crippen LogP contribution in [0.25, 0.3) is 11.3 Å². The lowest BCUT2D eigenvalue weighted by Gasteiger charge is -2.36. The second-order valence-corrected chi connectivity index (χ2v) is 9.49. The minimum absolute atomic E-state index is 0.0220. The van der Waals surface area contributed by atoms with Crippen LogP contribution in [0.4, 0.5) is 5.69 Å². The van der Waals surface area contributed by atoms with Crippen molar-refractivity contribution in [3.8, 4) is 34.3 Å². The van der Waals surface area contributed by atoms with Crippen molar-refractivity contribution in [2.24, 2.45) is 0 Å². The summed E-state index contributed by atoms with van der Waals surface area (Å²) in [7, 11) is 0. The van der Waals surface area contributed by atoms with E-state index in [1.807, 2.05) is 0 Å². The topological polar surface area (TPSA) is 151 Å². The van der Waals surface area contributed by atoms with Gasteiger partial charge in [0, 0.05) is 55.5 Å². The van der Waals surface area contributed by atoms with Gasteiger partial charge in [0.15, 0.2) is 11.5 Å². The summed E-state index contributed by atoms with van der Waals surface area (Å²) in [6.07, 6.45) is 6.87. The molecule has 1 aliphatic heterocycles.